The van der Waals surface area contributed by atoms with Crippen LogP contribution < -0.4 is 25.6 Å². The molecule has 1 amide bonds. The number of halogens is 2. The van der Waals surface area contributed by atoms with Gasteiger partial charge in [0, 0.05) is 55.1 Å². The largest absolute Gasteiger partial charge is 0.494 e. The van der Waals surface area contributed by atoms with E-state index in [0.717, 1.165) is 25.3 Å². The van der Waals surface area contributed by atoms with Crippen molar-refractivity contribution in [1.82, 2.24) is 14.9 Å². The maximum Gasteiger partial charge on any atom is 0.290 e. The summed E-state index contributed by atoms with van der Waals surface area (Å²) < 4.78 is 19.9. The van der Waals surface area contributed by atoms with E-state index in [4.69, 9.17) is 26.2 Å². The van der Waals surface area contributed by atoms with Gasteiger partial charge in [0.25, 0.3) is 6.47 Å². The van der Waals surface area contributed by atoms with Gasteiger partial charge in [-0.15, -0.1) is 0 Å². The van der Waals surface area contributed by atoms with E-state index in [0.29, 0.717) is 46.2 Å². The van der Waals surface area contributed by atoms with Gasteiger partial charge in [0.15, 0.2) is 0 Å². The molecule has 44 heavy (non-hydrogen) atoms. The zero-order valence-electron chi connectivity index (χ0n) is 24.8. The molecule has 1 aromatic heterocycles. The molecule has 2 aliphatic rings. The maximum atomic E-state index is 14.2. The molecule has 14 heteroatoms. The molecule has 0 aliphatic carbocycles. The van der Waals surface area contributed by atoms with Crippen LogP contribution in [0.3, 0.4) is 0 Å². The highest BCUT2D eigenvalue weighted by molar-refractivity contribution is 6.31. The predicted octanol–water partition coefficient (Wildman–Crippen LogP) is 4.57. The van der Waals surface area contributed by atoms with Gasteiger partial charge in [-0.05, 0) is 51.2 Å². The number of amides is 1. The zero-order chi connectivity index (χ0) is 32.2. The summed E-state index contributed by atoms with van der Waals surface area (Å²) >= 11 is 6.02. The number of carbonyl (C=O) groups excluding carboxylic acids is 1. The lowest BCUT2D eigenvalue weighted by Gasteiger charge is -2.40. The number of hydrogen-bond acceptors (Lipinski definition) is 10. The Kier molecular flexibility index (Phi) is 9.92. The fourth-order valence-corrected chi connectivity index (χ4v) is 5.55. The van der Waals surface area contributed by atoms with Gasteiger partial charge in [-0.2, -0.15) is 4.98 Å². The number of aromatic nitrogens is 2. The van der Waals surface area contributed by atoms with Crippen LogP contribution in [0, 0.1) is 11.7 Å². The lowest BCUT2D eigenvalue weighted by molar-refractivity contribution is -0.122. The third-order valence-electron chi connectivity index (χ3n) is 7.48. The molecule has 3 heterocycles. The monoisotopic (exact) mass is 627 g/mol. The van der Waals surface area contributed by atoms with Crippen LogP contribution in [0.25, 0.3) is 0 Å². The minimum Gasteiger partial charge on any atom is -0.494 e. The Hall–Kier alpha value is -4.46. The highest BCUT2D eigenvalue weighted by Crippen LogP contribution is 2.42. The second-order valence-electron chi connectivity index (χ2n) is 10.9. The number of benzene rings is 2. The average Bonchev–Trinajstić information content (AvgIpc) is 3.31. The van der Waals surface area contributed by atoms with Gasteiger partial charge in [-0.3, -0.25) is 9.59 Å². The number of likely N-dealkylation sites (tertiary alicyclic amines) is 1. The molecule has 2 atom stereocenters. The summed E-state index contributed by atoms with van der Waals surface area (Å²) in [6, 6.07) is 8.39. The minimum atomic E-state index is -1.34. The summed E-state index contributed by atoms with van der Waals surface area (Å²) in [5.41, 5.74) is 1.37. The number of likely N-dealkylation sites (N-methyl/N-ethyl adjacent to an activating group) is 1. The van der Waals surface area contributed by atoms with Crippen molar-refractivity contribution in [1.29, 1.82) is 0 Å². The summed E-state index contributed by atoms with van der Waals surface area (Å²) in [7, 11) is 3.70. The Morgan fingerprint density at radius 2 is 1.91 bits per heavy atom. The van der Waals surface area contributed by atoms with Gasteiger partial charge in [0.05, 0.1) is 34.8 Å². The first kappa shape index (κ1) is 32.5. The van der Waals surface area contributed by atoms with E-state index in [2.05, 4.69) is 49.3 Å². The lowest BCUT2D eigenvalue weighted by atomic mass is 9.93. The average molecular weight is 628 g/mol. The van der Waals surface area contributed by atoms with Crippen molar-refractivity contribution in [3.8, 4) is 5.75 Å². The third-order valence-corrected chi connectivity index (χ3v) is 7.77. The number of carboxylic acid groups (broad SMARTS) is 1. The Bertz CT molecular complexity index is 1550. The Morgan fingerprint density at radius 1 is 1.18 bits per heavy atom. The zero-order valence-corrected chi connectivity index (χ0v) is 25.5. The number of carbonyl (C=O) groups is 2. The van der Waals surface area contributed by atoms with Crippen LogP contribution in [0.4, 0.5) is 38.9 Å². The number of anilines is 6. The third kappa shape index (κ3) is 7.18. The van der Waals surface area contributed by atoms with Crippen molar-refractivity contribution < 1.29 is 28.9 Å². The van der Waals surface area contributed by atoms with Crippen molar-refractivity contribution in [3.63, 3.8) is 0 Å². The number of hydrogen-bond donors (Lipinski definition) is 5. The normalized spacial score (nSPS) is 17.4. The van der Waals surface area contributed by atoms with Gasteiger partial charge in [-0.25, -0.2) is 9.37 Å². The lowest BCUT2D eigenvalue weighted by Crippen LogP contribution is -2.52. The van der Waals surface area contributed by atoms with Crippen LogP contribution in [0.15, 0.2) is 49.2 Å². The number of rotatable bonds is 9. The summed E-state index contributed by atoms with van der Waals surface area (Å²) in [6.45, 7) is 9.23. The number of nitrogens with zero attached hydrogens (tertiary/aromatic N) is 4. The molecule has 5 rings (SSSR count). The first-order valence-electron chi connectivity index (χ1n) is 13.7. The standard InChI is InChI=1S/C29H33ClFN7O3.CH2O2/c1-6-27(39)34-21-11-22(25(41-5)12-23(21)38-14-16-13-37(4)24(16)15-38)35-28-32-8-7-26(36-28)33-20-10-18(30)19(31)9-17(20)29(2,3)40;2-1-3/h6-12,16,24,40H,1,13-15H2,2-5H3,(H,34,39)(H2,32,33,35,36);1H,(H,2,3)/t16-,24-;/m1./s1. The van der Waals surface area contributed by atoms with Gasteiger partial charge in [0.1, 0.15) is 17.4 Å². The molecule has 0 saturated carbocycles. The molecule has 0 unspecified atom stereocenters. The second kappa shape index (κ2) is 13.5. The van der Waals surface area contributed by atoms with Crippen LogP contribution in [0.2, 0.25) is 5.02 Å². The smallest absolute Gasteiger partial charge is 0.290 e. The molecule has 2 fully saturated rings. The highest BCUT2D eigenvalue weighted by atomic mass is 35.5. The molecule has 0 radical (unpaired) electrons. The Labute approximate surface area is 259 Å². The molecule has 2 aromatic carbocycles. The summed E-state index contributed by atoms with van der Waals surface area (Å²) in [5, 5.41) is 26.6. The number of methoxy groups -OCH3 is 1. The molecule has 5 N–H and O–H groups in total. The van der Waals surface area contributed by atoms with E-state index < -0.39 is 11.4 Å². The van der Waals surface area contributed by atoms with Crippen molar-refractivity contribution >= 4 is 58.5 Å². The predicted molar refractivity (Wildman–Crippen MR) is 168 cm³/mol. The first-order chi connectivity index (χ1) is 20.9. The molecular weight excluding hydrogens is 593 g/mol. The molecule has 234 valence electrons. The summed E-state index contributed by atoms with van der Waals surface area (Å²) in [6.07, 6.45) is 2.77. The molecule has 0 bridgehead atoms. The first-order valence-corrected chi connectivity index (χ1v) is 14.0. The fraction of sp³-hybridized carbons (Fsp3) is 0.333. The van der Waals surface area contributed by atoms with Crippen LogP contribution in [0.1, 0.15) is 19.4 Å². The van der Waals surface area contributed by atoms with Crippen molar-refractivity contribution in [2.75, 3.05) is 54.6 Å². The van der Waals surface area contributed by atoms with E-state index in [1.165, 1.54) is 18.2 Å². The molecule has 2 aliphatic heterocycles. The molecule has 2 saturated heterocycles. The van der Waals surface area contributed by atoms with Crippen LogP contribution in [-0.4, -0.2) is 77.3 Å². The van der Waals surface area contributed by atoms with Crippen LogP contribution in [0.5, 0.6) is 5.75 Å². The molecular formula is C30H35ClFN7O5. The summed E-state index contributed by atoms with van der Waals surface area (Å²) in [4.78, 5) is 34.2. The molecule has 0 spiro atoms. The minimum absolute atomic E-state index is 0.0931. The van der Waals surface area contributed by atoms with Crippen molar-refractivity contribution in [2.24, 2.45) is 5.92 Å². The number of fused-ring (bicyclic) bond motifs is 1. The van der Waals surface area contributed by atoms with E-state index in [1.54, 1.807) is 39.3 Å². The van der Waals surface area contributed by atoms with Gasteiger partial charge >= 0.3 is 0 Å². The van der Waals surface area contributed by atoms with E-state index in [9.17, 15) is 14.3 Å². The van der Waals surface area contributed by atoms with Crippen LogP contribution >= 0.6 is 11.6 Å². The molecule has 3 aromatic rings. The van der Waals surface area contributed by atoms with E-state index in [1.807, 2.05) is 6.07 Å². The van der Waals surface area contributed by atoms with Crippen molar-refractivity contribution in [3.05, 3.63) is 65.6 Å². The van der Waals surface area contributed by atoms with E-state index >= 15 is 0 Å². The second-order valence-corrected chi connectivity index (χ2v) is 11.3. The topological polar surface area (TPSA) is 152 Å². The fourth-order valence-electron chi connectivity index (χ4n) is 5.38. The maximum absolute atomic E-state index is 14.2. The van der Waals surface area contributed by atoms with Gasteiger partial charge in [-0.1, -0.05) is 18.2 Å². The Morgan fingerprint density at radius 3 is 2.52 bits per heavy atom. The quantitative estimate of drug-likeness (QED) is 0.168. The SMILES string of the molecule is C=CC(=O)Nc1cc(Nc2nccc(Nc3cc(Cl)c(F)cc3C(C)(C)O)n2)c(OC)cc1N1C[C@H]2CN(C)[C@@H]2C1.O=CO. The van der Waals surface area contributed by atoms with Crippen molar-refractivity contribution in [2.45, 2.75) is 25.5 Å². The van der Waals surface area contributed by atoms with Gasteiger partial charge < -0.3 is 40.7 Å². The number of nitrogens with one attached hydrogen (secondary N) is 3. The molecule has 12 nitrogen and oxygen atoms in total. The van der Waals surface area contributed by atoms with E-state index in [-0.39, 0.29) is 23.4 Å². The number of aliphatic hydroxyl groups is 1. The Balaban J connectivity index is 0.00000141. The number of ether oxygens (including phenoxy) is 1. The van der Waals surface area contributed by atoms with Gasteiger partial charge in [0.2, 0.25) is 11.9 Å². The summed E-state index contributed by atoms with van der Waals surface area (Å²) in [5.74, 6) is 0.778. The highest BCUT2D eigenvalue weighted by Gasteiger charge is 2.44. The van der Waals surface area contributed by atoms with Crippen LogP contribution in [-0.2, 0) is 15.2 Å².